The van der Waals surface area contributed by atoms with E-state index in [0.29, 0.717) is 0 Å². The zero-order valence-electron chi connectivity index (χ0n) is 28.6. The second-order valence-corrected chi connectivity index (χ2v) is 14.3. The lowest BCUT2D eigenvalue weighted by atomic mass is 9.88. The van der Waals surface area contributed by atoms with Crippen LogP contribution in [-0.2, 0) is 5.41 Å². The molecular weight excluding hydrogens is 625 g/mol. The summed E-state index contributed by atoms with van der Waals surface area (Å²) >= 11 is 0. The lowest BCUT2D eigenvalue weighted by molar-refractivity contribution is 0.483. The number of aromatic nitrogens is 4. The molecule has 3 aromatic heterocycles. The molecule has 1 aliphatic rings. The maximum Gasteiger partial charge on any atom is 0.145 e. The summed E-state index contributed by atoms with van der Waals surface area (Å²) in [4.78, 5) is 10.1. The molecule has 0 saturated carbocycles. The number of para-hydroxylation sites is 3. The highest BCUT2D eigenvalue weighted by atomic mass is 16.5. The van der Waals surface area contributed by atoms with Gasteiger partial charge in [-0.2, -0.15) is 0 Å². The molecule has 0 aliphatic carbocycles. The first-order chi connectivity index (χ1) is 24.9. The third kappa shape index (κ3) is 4.62. The van der Waals surface area contributed by atoms with Crippen LogP contribution < -0.4 is 4.74 Å². The molecule has 0 bridgehead atoms. The van der Waals surface area contributed by atoms with Crippen molar-refractivity contribution in [2.45, 2.75) is 26.2 Å². The minimum atomic E-state index is 0.00166. The molecule has 0 radical (unpaired) electrons. The summed E-state index contributed by atoms with van der Waals surface area (Å²) in [6, 6.07) is 51.2. The van der Waals surface area contributed by atoms with Crippen molar-refractivity contribution in [3.05, 3.63) is 157 Å². The van der Waals surface area contributed by atoms with Crippen LogP contribution in [0.2, 0.25) is 0 Å². The van der Waals surface area contributed by atoms with Gasteiger partial charge in [0.1, 0.15) is 23.1 Å². The fourth-order valence-electron chi connectivity index (χ4n) is 7.72. The summed E-state index contributed by atoms with van der Waals surface area (Å²) in [7, 11) is 0. The van der Waals surface area contributed by atoms with Crippen LogP contribution in [0.15, 0.2) is 152 Å². The number of hydrogen-bond acceptors (Lipinski definition) is 3. The third-order valence-electron chi connectivity index (χ3n) is 10.1. The van der Waals surface area contributed by atoms with Gasteiger partial charge >= 0.3 is 0 Å². The van der Waals surface area contributed by atoms with Crippen LogP contribution in [0.1, 0.15) is 26.3 Å². The third-order valence-corrected chi connectivity index (χ3v) is 10.1. The van der Waals surface area contributed by atoms with Crippen molar-refractivity contribution in [1.29, 1.82) is 0 Å². The molecule has 1 aliphatic heterocycles. The van der Waals surface area contributed by atoms with Gasteiger partial charge in [0, 0.05) is 39.7 Å². The SMILES string of the molecule is CC(C)(C)c1ccnc(-n2c3ccccc3c3ccc(Oc4cccc(-c5nc6cccc7c6n5-c5ccccc5-c5ccccc5-7)c4)cc32)c1. The summed E-state index contributed by atoms with van der Waals surface area (Å²) in [6.45, 7) is 6.70. The molecule has 4 heterocycles. The highest BCUT2D eigenvalue weighted by Gasteiger charge is 2.25. The zero-order chi connectivity index (χ0) is 34.3. The van der Waals surface area contributed by atoms with E-state index in [0.717, 1.165) is 61.8 Å². The predicted octanol–water partition coefficient (Wildman–Crippen LogP) is 11.9. The zero-order valence-corrected chi connectivity index (χ0v) is 28.6. The molecule has 0 N–H and O–H groups in total. The molecule has 5 heteroatoms. The Morgan fingerprint density at radius 3 is 2.12 bits per heavy atom. The van der Waals surface area contributed by atoms with Gasteiger partial charge in [0.15, 0.2) is 0 Å². The lowest BCUT2D eigenvalue weighted by Crippen LogP contribution is -2.12. The second kappa shape index (κ2) is 11.0. The lowest BCUT2D eigenvalue weighted by Gasteiger charge is -2.20. The van der Waals surface area contributed by atoms with E-state index < -0.39 is 0 Å². The van der Waals surface area contributed by atoms with Crippen molar-refractivity contribution >= 4 is 32.8 Å². The molecule has 6 aromatic carbocycles. The number of ether oxygens (including phenoxy) is 1. The van der Waals surface area contributed by atoms with E-state index in [4.69, 9.17) is 14.7 Å². The van der Waals surface area contributed by atoms with E-state index in [1.165, 1.54) is 33.2 Å². The fourth-order valence-corrected chi connectivity index (χ4v) is 7.72. The van der Waals surface area contributed by atoms with E-state index in [-0.39, 0.29) is 5.41 Å². The van der Waals surface area contributed by atoms with Crippen molar-refractivity contribution in [2.75, 3.05) is 0 Å². The fraction of sp³-hybridized carbons (Fsp3) is 0.0870. The Labute approximate surface area is 296 Å². The Bertz CT molecular complexity index is 2830. The highest BCUT2D eigenvalue weighted by molar-refractivity contribution is 6.09. The van der Waals surface area contributed by atoms with Crippen LogP contribution in [0.5, 0.6) is 11.5 Å². The van der Waals surface area contributed by atoms with Gasteiger partial charge in [-0.15, -0.1) is 0 Å². The Morgan fingerprint density at radius 1 is 0.549 bits per heavy atom. The summed E-state index contributed by atoms with van der Waals surface area (Å²) < 4.78 is 11.2. The quantitative estimate of drug-likeness (QED) is 0.189. The Balaban J connectivity index is 1.10. The van der Waals surface area contributed by atoms with Gasteiger partial charge in [0.05, 0.1) is 27.8 Å². The van der Waals surface area contributed by atoms with Gasteiger partial charge < -0.3 is 4.74 Å². The Morgan fingerprint density at radius 2 is 1.25 bits per heavy atom. The molecule has 10 rings (SSSR count). The van der Waals surface area contributed by atoms with E-state index >= 15 is 0 Å². The van der Waals surface area contributed by atoms with E-state index in [9.17, 15) is 0 Å². The number of hydrogen-bond donors (Lipinski definition) is 0. The number of nitrogens with zero attached hydrogens (tertiary/aromatic N) is 4. The first-order valence-electron chi connectivity index (χ1n) is 17.4. The van der Waals surface area contributed by atoms with Crippen LogP contribution in [0.25, 0.3) is 78.0 Å². The molecule has 9 aromatic rings. The second-order valence-electron chi connectivity index (χ2n) is 14.3. The van der Waals surface area contributed by atoms with Crippen molar-refractivity contribution in [3.63, 3.8) is 0 Å². The van der Waals surface area contributed by atoms with Crippen LogP contribution in [0, 0.1) is 0 Å². The summed E-state index contributed by atoms with van der Waals surface area (Å²) in [5.41, 5.74) is 12.4. The van der Waals surface area contributed by atoms with Crippen LogP contribution in [0.4, 0.5) is 0 Å². The first kappa shape index (κ1) is 29.5. The summed E-state index contributed by atoms with van der Waals surface area (Å²) in [5, 5.41) is 2.34. The van der Waals surface area contributed by atoms with Crippen LogP contribution >= 0.6 is 0 Å². The van der Waals surface area contributed by atoms with Crippen LogP contribution in [0.3, 0.4) is 0 Å². The van der Waals surface area contributed by atoms with E-state index in [2.05, 4.69) is 163 Å². The van der Waals surface area contributed by atoms with Gasteiger partial charge in [-0.1, -0.05) is 106 Å². The standard InChI is InChI=1S/C46H34N4O/c1-46(2,3)30-24-25-47-43(27-30)49-40-20-8-7-17-36(40)37-23-22-32(28-42(37)49)51-31-13-10-12-29(26-31)45-48-39-19-11-18-38-34-15-5-4-14-33(34)35-16-6-9-21-41(35)50(45)44(38)39/h4-28H,1-3H3. The number of rotatable bonds is 4. The number of fused-ring (bicyclic) bond motifs is 8. The molecule has 5 nitrogen and oxygen atoms in total. The van der Waals surface area contributed by atoms with Crippen molar-refractivity contribution in [3.8, 4) is 56.6 Å². The maximum atomic E-state index is 6.67. The summed E-state index contributed by atoms with van der Waals surface area (Å²) in [6.07, 6.45) is 1.91. The number of benzene rings is 6. The monoisotopic (exact) mass is 658 g/mol. The minimum absolute atomic E-state index is 0.00166. The van der Waals surface area contributed by atoms with Gasteiger partial charge in [-0.05, 0) is 76.7 Å². The largest absolute Gasteiger partial charge is 0.457 e. The molecule has 51 heavy (non-hydrogen) atoms. The van der Waals surface area contributed by atoms with Gasteiger partial charge in [0.2, 0.25) is 0 Å². The molecule has 0 spiro atoms. The summed E-state index contributed by atoms with van der Waals surface area (Å²) in [5.74, 6) is 3.27. The molecular formula is C46H34N4O. The minimum Gasteiger partial charge on any atom is -0.457 e. The molecule has 0 atom stereocenters. The van der Waals surface area contributed by atoms with E-state index in [1.807, 2.05) is 18.3 Å². The van der Waals surface area contributed by atoms with Gasteiger partial charge in [0.25, 0.3) is 0 Å². The predicted molar refractivity (Wildman–Crippen MR) is 208 cm³/mol. The van der Waals surface area contributed by atoms with E-state index in [1.54, 1.807) is 0 Å². The average molecular weight is 659 g/mol. The van der Waals surface area contributed by atoms with Crippen molar-refractivity contribution in [1.82, 2.24) is 19.1 Å². The highest BCUT2D eigenvalue weighted by Crippen LogP contribution is 2.45. The molecule has 0 fully saturated rings. The smallest absolute Gasteiger partial charge is 0.145 e. The first-order valence-corrected chi connectivity index (χ1v) is 17.4. The maximum absolute atomic E-state index is 6.67. The molecule has 0 unspecified atom stereocenters. The Hall–Kier alpha value is -6.46. The normalized spacial score (nSPS) is 12.2. The Kier molecular flexibility index (Phi) is 6.37. The molecule has 0 saturated heterocycles. The molecule has 0 amide bonds. The average Bonchev–Trinajstić information content (AvgIpc) is 3.67. The van der Waals surface area contributed by atoms with Gasteiger partial charge in [-0.3, -0.25) is 9.13 Å². The van der Waals surface area contributed by atoms with Crippen molar-refractivity contribution in [2.24, 2.45) is 0 Å². The molecule has 244 valence electrons. The van der Waals surface area contributed by atoms with Gasteiger partial charge in [-0.25, -0.2) is 9.97 Å². The number of imidazole rings is 1. The topological polar surface area (TPSA) is 44.9 Å². The van der Waals surface area contributed by atoms with Crippen LogP contribution in [-0.4, -0.2) is 19.1 Å². The number of pyridine rings is 1. The van der Waals surface area contributed by atoms with Crippen molar-refractivity contribution < 1.29 is 4.74 Å².